The molecule has 1 aliphatic rings. The van der Waals surface area contributed by atoms with Crippen molar-refractivity contribution in [2.75, 3.05) is 13.7 Å². The summed E-state index contributed by atoms with van der Waals surface area (Å²) in [5, 5.41) is 10.2. The van der Waals surface area contributed by atoms with Gasteiger partial charge < -0.3 is 15.6 Å². The Morgan fingerprint density at radius 1 is 1.40 bits per heavy atom. The lowest BCUT2D eigenvalue weighted by molar-refractivity contribution is -0.109. The number of methoxy groups -OCH3 is 1. The van der Waals surface area contributed by atoms with E-state index < -0.39 is 0 Å². The van der Waals surface area contributed by atoms with Gasteiger partial charge in [-0.1, -0.05) is 13.8 Å². The second-order valence-electron chi connectivity index (χ2n) is 5.16. The summed E-state index contributed by atoms with van der Waals surface area (Å²) in [6, 6.07) is 0. The van der Waals surface area contributed by atoms with Crippen molar-refractivity contribution in [1.29, 1.82) is 0 Å². The summed E-state index contributed by atoms with van der Waals surface area (Å²) >= 11 is 0. The lowest BCUT2D eigenvalue weighted by Crippen LogP contribution is -2.45. The topological polar surface area (TPSA) is 55.5 Å². The number of nitrogens with two attached hydrogens (primary N) is 1. The molecule has 0 radical (unpaired) electrons. The molecule has 1 rings (SSSR count). The summed E-state index contributed by atoms with van der Waals surface area (Å²) in [5.41, 5.74) is 5.64. The van der Waals surface area contributed by atoms with Gasteiger partial charge in [0.25, 0.3) is 0 Å². The molecule has 3 nitrogen and oxygen atoms in total. The highest BCUT2D eigenvalue weighted by Gasteiger charge is 2.40. The zero-order chi connectivity index (χ0) is 11.5. The zero-order valence-electron chi connectivity index (χ0n) is 10.2. The smallest absolute Gasteiger partial charge is 0.0703 e. The van der Waals surface area contributed by atoms with Crippen LogP contribution in [0.15, 0.2) is 0 Å². The van der Waals surface area contributed by atoms with E-state index in [4.69, 9.17) is 10.5 Å². The van der Waals surface area contributed by atoms with Crippen molar-refractivity contribution in [3.8, 4) is 0 Å². The molecule has 0 aromatic rings. The highest BCUT2D eigenvalue weighted by molar-refractivity contribution is 4.93. The first-order valence-corrected chi connectivity index (χ1v) is 5.98. The Balaban J connectivity index is 2.48. The fourth-order valence-electron chi connectivity index (χ4n) is 2.47. The Morgan fingerprint density at radius 3 is 2.27 bits per heavy atom. The number of aliphatic hydroxyl groups is 1. The van der Waals surface area contributed by atoms with Crippen LogP contribution < -0.4 is 5.73 Å². The van der Waals surface area contributed by atoms with Gasteiger partial charge in [0.15, 0.2) is 0 Å². The lowest BCUT2D eigenvalue weighted by Gasteiger charge is -2.43. The maximum Gasteiger partial charge on any atom is 0.0703 e. The van der Waals surface area contributed by atoms with Crippen LogP contribution in [0.25, 0.3) is 0 Å². The molecule has 0 saturated heterocycles. The molecular weight excluding hydrogens is 190 g/mol. The van der Waals surface area contributed by atoms with Crippen LogP contribution in [0, 0.1) is 11.8 Å². The molecule has 0 amide bonds. The molecule has 1 fully saturated rings. The number of hydrogen-bond donors (Lipinski definition) is 2. The van der Waals surface area contributed by atoms with Gasteiger partial charge in [-0.3, -0.25) is 0 Å². The van der Waals surface area contributed by atoms with E-state index in [1.807, 2.05) is 0 Å². The van der Waals surface area contributed by atoms with Crippen molar-refractivity contribution < 1.29 is 9.84 Å². The van der Waals surface area contributed by atoms with Crippen LogP contribution in [0.3, 0.4) is 0 Å². The molecule has 0 aliphatic heterocycles. The second-order valence-corrected chi connectivity index (χ2v) is 5.16. The van der Waals surface area contributed by atoms with Crippen molar-refractivity contribution in [1.82, 2.24) is 0 Å². The zero-order valence-corrected chi connectivity index (χ0v) is 10.2. The lowest BCUT2D eigenvalue weighted by atomic mass is 9.73. The van der Waals surface area contributed by atoms with Crippen molar-refractivity contribution in [3.05, 3.63) is 0 Å². The largest absolute Gasteiger partial charge is 0.393 e. The van der Waals surface area contributed by atoms with E-state index in [2.05, 4.69) is 13.8 Å². The molecular formula is C12H25NO2. The minimum absolute atomic E-state index is 0.0538. The summed E-state index contributed by atoms with van der Waals surface area (Å²) in [6.45, 7) is 4.78. The van der Waals surface area contributed by atoms with E-state index in [9.17, 15) is 5.11 Å². The molecule has 0 heterocycles. The first-order valence-electron chi connectivity index (χ1n) is 5.98. The first-order chi connectivity index (χ1) is 7.04. The quantitative estimate of drug-likeness (QED) is 0.706. The molecule has 90 valence electrons. The fraction of sp³-hybridized carbons (Fsp3) is 1.00. The number of rotatable bonds is 6. The van der Waals surface area contributed by atoms with Crippen LogP contribution in [0.1, 0.15) is 39.5 Å². The summed E-state index contributed by atoms with van der Waals surface area (Å²) < 4.78 is 5.52. The van der Waals surface area contributed by atoms with Gasteiger partial charge in [-0.25, -0.2) is 0 Å². The van der Waals surface area contributed by atoms with Crippen LogP contribution in [0.5, 0.6) is 0 Å². The molecule has 0 spiro atoms. The maximum absolute atomic E-state index is 10.2. The van der Waals surface area contributed by atoms with E-state index in [0.717, 1.165) is 19.3 Å². The molecule has 0 aromatic carbocycles. The highest BCUT2D eigenvalue weighted by Crippen LogP contribution is 2.40. The molecule has 2 unspecified atom stereocenters. The molecule has 3 N–H and O–H groups in total. The Labute approximate surface area is 93.0 Å². The summed E-state index contributed by atoms with van der Waals surface area (Å²) in [4.78, 5) is 0. The number of ether oxygens (including phenoxy) is 1. The van der Waals surface area contributed by atoms with Crippen LogP contribution >= 0.6 is 0 Å². The Hall–Kier alpha value is -0.120. The number of hydrogen-bond acceptors (Lipinski definition) is 3. The minimum atomic E-state index is -0.324. The van der Waals surface area contributed by atoms with Gasteiger partial charge in [0.05, 0.1) is 11.7 Å². The molecule has 15 heavy (non-hydrogen) atoms. The Bertz CT molecular complexity index is 185. The van der Waals surface area contributed by atoms with Crippen LogP contribution in [0.2, 0.25) is 0 Å². The van der Waals surface area contributed by atoms with E-state index in [1.54, 1.807) is 7.11 Å². The molecule has 1 saturated carbocycles. The van der Waals surface area contributed by atoms with Gasteiger partial charge in [0.1, 0.15) is 0 Å². The predicted molar refractivity (Wildman–Crippen MR) is 61.6 cm³/mol. The maximum atomic E-state index is 10.2. The molecule has 1 aliphatic carbocycles. The molecule has 2 atom stereocenters. The van der Waals surface area contributed by atoms with Gasteiger partial charge >= 0.3 is 0 Å². The summed E-state index contributed by atoms with van der Waals surface area (Å²) in [6.07, 6.45) is 3.79. The van der Waals surface area contributed by atoms with Gasteiger partial charge in [-0.2, -0.15) is 0 Å². The first kappa shape index (κ1) is 12.9. The number of aliphatic hydroxyl groups excluding tert-OH is 1. The standard InChI is InChI=1S/C12H25NO2/c1-9(2)10(8-13)11(14)7-12(15-3)5-4-6-12/h9-11,14H,4-8,13H2,1-3H3. The fourth-order valence-corrected chi connectivity index (χ4v) is 2.47. The summed E-state index contributed by atoms with van der Waals surface area (Å²) in [7, 11) is 1.75. The third-order valence-electron chi connectivity index (χ3n) is 3.90. The van der Waals surface area contributed by atoms with Gasteiger partial charge in [-0.15, -0.1) is 0 Å². The molecule has 0 bridgehead atoms. The predicted octanol–water partition coefficient (Wildman–Crippen LogP) is 1.54. The molecule has 0 aromatic heterocycles. The summed E-state index contributed by atoms with van der Waals surface area (Å²) in [5.74, 6) is 0.622. The van der Waals surface area contributed by atoms with Crippen molar-refractivity contribution in [2.45, 2.75) is 51.2 Å². The van der Waals surface area contributed by atoms with E-state index in [-0.39, 0.29) is 17.6 Å². The van der Waals surface area contributed by atoms with Crippen LogP contribution in [-0.4, -0.2) is 30.5 Å². The third kappa shape index (κ3) is 2.92. The monoisotopic (exact) mass is 215 g/mol. The SMILES string of the molecule is COC1(CC(O)C(CN)C(C)C)CCC1. The Morgan fingerprint density at radius 2 is 2.00 bits per heavy atom. The van der Waals surface area contributed by atoms with Gasteiger partial charge in [0, 0.05) is 13.5 Å². The second kappa shape index (κ2) is 5.28. The van der Waals surface area contributed by atoms with E-state index >= 15 is 0 Å². The highest BCUT2D eigenvalue weighted by atomic mass is 16.5. The van der Waals surface area contributed by atoms with Crippen LogP contribution in [0.4, 0.5) is 0 Å². The van der Waals surface area contributed by atoms with Gasteiger partial charge in [-0.05, 0) is 37.6 Å². The van der Waals surface area contributed by atoms with E-state index in [1.165, 1.54) is 6.42 Å². The average molecular weight is 215 g/mol. The minimum Gasteiger partial charge on any atom is -0.393 e. The van der Waals surface area contributed by atoms with Crippen molar-refractivity contribution in [2.24, 2.45) is 17.6 Å². The van der Waals surface area contributed by atoms with Gasteiger partial charge in [0.2, 0.25) is 0 Å². The normalized spacial score (nSPS) is 23.6. The van der Waals surface area contributed by atoms with Crippen molar-refractivity contribution in [3.63, 3.8) is 0 Å². The van der Waals surface area contributed by atoms with Crippen molar-refractivity contribution >= 4 is 0 Å². The average Bonchev–Trinajstić information content (AvgIpc) is 2.11. The molecule has 3 heteroatoms. The Kier molecular flexibility index (Phi) is 4.56. The van der Waals surface area contributed by atoms with E-state index in [0.29, 0.717) is 12.5 Å². The van der Waals surface area contributed by atoms with Crippen LogP contribution in [-0.2, 0) is 4.74 Å². The third-order valence-corrected chi connectivity index (χ3v) is 3.90.